The van der Waals surface area contributed by atoms with Crippen LogP contribution in [0.25, 0.3) is 5.69 Å². The predicted molar refractivity (Wildman–Crippen MR) is 87.9 cm³/mol. The molecule has 0 spiro atoms. The van der Waals surface area contributed by atoms with Crippen molar-refractivity contribution in [3.63, 3.8) is 0 Å². The topological polar surface area (TPSA) is 46.9 Å². The van der Waals surface area contributed by atoms with Crippen LogP contribution in [-0.4, -0.2) is 15.7 Å². The Balaban J connectivity index is 1.82. The third-order valence-electron chi connectivity index (χ3n) is 3.07. The van der Waals surface area contributed by atoms with Gasteiger partial charge in [0.1, 0.15) is 5.82 Å². The van der Waals surface area contributed by atoms with Crippen molar-refractivity contribution in [1.29, 1.82) is 0 Å². The van der Waals surface area contributed by atoms with Gasteiger partial charge in [0, 0.05) is 11.2 Å². The molecule has 0 aliphatic heterocycles. The summed E-state index contributed by atoms with van der Waals surface area (Å²) in [5, 5.41) is 7.59. The van der Waals surface area contributed by atoms with Crippen molar-refractivity contribution < 1.29 is 9.18 Å². The normalized spacial score (nSPS) is 10.6. The highest BCUT2D eigenvalue weighted by Gasteiger charge is 2.12. The monoisotopic (exact) mass is 349 g/mol. The molecule has 0 bridgehead atoms. The molecule has 0 unspecified atom stereocenters. The van der Waals surface area contributed by atoms with Crippen molar-refractivity contribution >= 4 is 34.8 Å². The number of rotatable bonds is 3. The lowest BCUT2D eigenvalue weighted by Crippen LogP contribution is -2.13. The Morgan fingerprint density at radius 1 is 1.13 bits per heavy atom. The molecule has 0 radical (unpaired) electrons. The van der Waals surface area contributed by atoms with E-state index in [1.165, 1.54) is 22.9 Å². The molecule has 2 aromatic carbocycles. The van der Waals surface area contributed by atoms with Crippen LogP contribution in [0.2, 0.25) is 10.0 Å². The zero-order valence-corrected chi connectivity index (χ0v) is 13.1. The summed E-state index contributed by atoms with van der Waals surface area (Å²) >= 11 is 11.9. The molecule has 0 aliphatic carbocycles. The van der Waals surface area contributed by atoms with Gasteiger partial charge in [-0.15, -0.1) is 0 Å². The third-order valence-corrected chi connectivity index (χ3v) is 3.64. The van der Waals surface area contributed by atoms with Crippen molar-refractivity contribution in [2.45, 2.75) is 0 Å². The molecule has 0 atom stereocenters. The minimum absolute atomic E-state index is 0.172. The van der Waals surface area contributed by atoms with E-state index in [4.69, 9.17) is 23.2 Å². The number of amides is 1. The van der Waals surface area contributed by atoms with Crippen molar-refractivity contribution in [1.82, 2.24) is 9.78 Å². The molecule has 1 heterocycles. The Kier molecular flexibility index (Phi) is 4.32. The smallest absolute Gasteiger partial charge is 0.276 e. The van der Waals surface area contributed by atoms with Crippen LogP contribution in [0.15, 0.2) is 54.7 Å². The number of benzene rings is 2. The fourth-order valence-corrected chi connectivity index (χ4v) is 2.32. The minimum atomic E-state index is -0.440. The van der Waals surface area contributed by atoms with Crippen LogP contribution >= 0.6 is 23.2 Å². The van der Waals surface area contributed by atoms with E-state index in [1.54, 1.807) is 36.5 Å². The molecule has 0 saturated heterocycles. The van der Waals surface area contributed by atoms with E-state index < -0.39 is 5.91 Å². The van der Waals surface area contributed by atoms with Gasteiger partial charge < -0.3 is 5.32 Å². The van der Waals surface area contributed by atoms with Crippen molar-refractivity contribution in [3.05, 3.63) is 76.3 Å². The second-order valence-corrected chi connectivity index (χ2v) is 5.55. The molecule has 1 amide bonds. The van der Waals surface area contributed by atoms with Crippen LogP contribution in [0, 0.1) is 5.82 Å². The number of carbonyl (C=O) groups excluding carboxylic acids is 1. The first-order valence-corrected chi connectivity index (χ1v) is 7.36. The molecule has 1 aromatic heterocycles. The summed E-state index contributed by atoms with van der Waals surface area (Å²) in [6.45, 7) is 0. The molecule has 23 heavy (non-hydrogen) atoms. The van der Waals surface area contributed by atoms with Crippen LogP contribution in [0.5, 0.6) is 0 Å². The molecular weight excluding hydrogens is 340 g/mol. The SMILES string of the molecule is O=C(Nc1cc(Cl)ccc1Cl)c1ccn(-c2cccc(F)c2)n1. The predicted octanol–water partition coefficient (Wildman–Crippen LogP) is 4.57. The van der Waals surface area contributed by atoms with Crippen molar-refractivity contribution in [2.75, 3.05) is 5.32 Å². The average molecular weight is 350 g/mol. The maximum absolute atomic E-state index is 13.2. The fourth-order valence-electron chi connectivity index (χ4n) is 1.99. The highest BCUT2D eigenvalue weighted by Crippen LogP contribution is 2.25. The number of nitrogens with zero attached hydrogens (tertiary/aromatic N) is 2. The number of aromatic nitrogens is 2. The van der Waals surface area contributed by atoms with E-state index in [-0.39, 0.29) is 11.5 Å². The summed E-state index contributed by atoms with van der Waals surface area (Å²) in [4.78, 5) is 12.2. The zero-order chi connectivity index (χ0) is 16.4. The van der Waals surface area contributed by atoms with Crippen molar-refractivity contribution in [3.8, 4) is 5.69 Å². The first-order valence-electron chi connectivity index (χ1n) is 6.61. The molecule has 3 rings (SSSR count). The second kappa shape index (κ2) is 6.40. The molecular formula is C16H10Cl2FN3O. The number of hydrogen-bond donors (Lipinski definition) is 1. The Morgan fingerprint density at radius 3 is 2.74 bits per heavy atom. The largest absolute Gasteiger partial charge is 0.319 e. The van der Waals surface area contributed by atoms with Gasteiger partial charge in [-0.05, 0) is 42.5 Å². The van der Waals surface area contributed by atoms with Gasteiger partial charge in [0.25, 0.3) is 5.91 Å². The Hall–Kier alpha value is -2.37. The number of carbonyl (C=O) groups is 1. The van der Waals surface area contributed by atoms with Gasteiger partial charge >= 0.3 is 0 Å². The molecule has 7 heteroatoms. The maximum Gasteiger partial charge on any atom is 0.276 e. The lowest BCUT2D eigenvalue weighted by molar-refractivity contribution is 0.102. The van der Waals surface area contributed by atoms with Crippen molar-refractivity contribution in [2.24, 2.45) is 0 Å². The van der Waals surface area contributed by atoms with Gasteiger partial charge in [0.2, 0.25) is 0 Å². The van der Waals surface area contributed by atoms with Gasteiger partial charge in [-0.3, -0.25) is 4.79 Å². The average Bonchev–Trinajstić information content (AvgIpc) is 3.01. The lowest BCUT2D eigenvalue weighted by Gasteiger charge is -2.06. The summed E-state index contributed by atoms with van der Waals surface area (Å²) in [7, 11) is 0. The molecule has 0 saturated carbocycles. The summed E-state index contributed by atoms with van der Waals surface area (Å²) in [5.74, 6) is -0.820. The summed E-state index contributed by atoms with van der Waals surface area (Å²) in [6, 6.07) is 12.2. The number of hydrogen-bond acceptors (Lipinski definition) is 2. The zero-order valence-electron chi connectivity index (χ0n) is 11.6. The molecule has 0 fully saturated rings. The summed E-state index contributed by atoms with van der Waals surface area (Å²) in [5.41, 5.74) is 1.08. The quantitative estimate of drug-likeness (QED) is 0.752. The highest BCUT2D eigenvalue weighted by molar-refractivity contribution is 6.35. The van der Waals surface area contributed by atoms with E-state index in [2.05, 4.69) is 10.4 Å². The minimum Gasteiger partial charge on any atom is -0.319 e. The van der Waals surface area contributed by atoms with E-state index in [1.807, 2.05) is 0 Å². The lowest BCUT2D eigenvalue weighted by atomic mass is 10.3. The summed E-state index contributed by atoms with van der Waals surface area (Å²) < 4.78 is 14.7. The molecule has 116 valence electrons. The fraction of sp³-hybridized carbons (Fsp3) is 0. The number of halogens is 3. The van der Waals surface area contributed by atoms with Gasteiger partial charge in [-0.2, -0.15) is 5.10 Å². The van der Waals surface area contributed by atoms with Gasteiger partial charge in [-0.1, -0.05) is 29.3 Å². The summed E-state index contributed by atoms with van der Waals surface area (Å²) in [6.07, 6.45) is 1.57. The van der Waals surface area contributed by atoms with Crippen LogP contribution in [0.1, 0.15) is 10.5 Å². The maximum atomic E-state index is 13.2. The molecule has 4 nitrogen and oxygen atoms in total. The molecule has 3 aromatic rings. The van der Waals surface area contributed by atoms with E-state index in [0.717, 1.165) is 0 Å². The Bertz CT molecular complexity index is 879. The van der Waals surface area contributed by atoms with E-state index >= 15 is 0 Å². The van der Waals surface area contributed by atoms with Gasteiger partial charge in [0.15, 0.2) is 5.69 Å². The standard InChI is InChI=1S/C16H10Cl2FN3O/c17-10-4-5-13(18)15(8-10)20-16(23)14-6-7-22(21-14)12-3-1-2-11(19)9-12/h1-9H,(H,20,23). The van der Waals surface area contributed by atoms with Crippen LogP contribution in [0.4, 0.5) is 10.1 Å². The van der Waals surface area contributed by atoms with Crippen LogP contribution < -0.4 is 5.32 Å². The Morgan fingerprint density at radius 2 is 1.96 bits per heavy atom. The van der Waals surface area contributed by atoms with Gasteiger partial charge in [0.05, 0.1) is 16.4 Å². The molecule has 1 N–H and O–H groups in total. The van der Waals surface area contributed by atoms with Crippen LogP contribution in [-0.2, 0) is 0 Å². The van der Waals surface area contributed by atoms with E-state index in [9.17, 15) is 9.18 Å². The first-order chi connectivity index (χ1) is 11.0. The highest BCUT2D eigenvalue weighted by atomic mass is 35.5. The molecule has 0 aliphatic rings. The number of anilines is 1. The van der Waals surface area contributed by atoms with Crippen LogP contribution in [0.3, 0.4) is 0 Å². The van der Waals surface area contributed by atoms with Gasteiger partial charge in [-0.25, -0.2) is 9.07 Å². The number of nitrogens with one attached hydrogen (secondary N) is 1. The second-order valence-electron chi connectivity index (χ2n) is 4.70. The van der Waals surface area contributed by atoms with E-state index in [0.29, 0.717) is 21.4 Å². The Labute approximate surface area is 141 Å². The third kappa shape index (κ3) is 3.52. The first kappa shape index (κ1) is 15.5.